The highest BCUT2D eigenvalue weighted by atomic mass is 16.5. The molecule has 87 heavy (non-hydrogen) atoms. The number of rotatable bonds is 15. The van der Waals surface area contributed by atoms with Gasteiger partial charge in [0, 0.05) is 70.1 Å². The summed E-state index contributed by atoms with van der Waals surface area (Å²) in [5, 5.41) is 66.4. The van der Waals surface area contributed by atoms with E-state index in [0.29, 0.717) is 28.4 Å². The van der Waals surface area contributed by atoms with Gasteiger partial charge in [-0.25, -0.2) is 0 Å². The molecule has 0 aliphatic heterocycles. The highest BCUT2D eigenvalue weighted by molar-refractivity contribution is 6.23. The Bertz CT molecular complexity index is 5010. The maximum atomic E-state index is 14.9. The van der Waals surface area contributed by atoms with Crippen molar-refractivity contribution >= 4 is 49.7 Å². The van der Waals surface area contributed by atoms with Crippen molar-refractivity contribution in [1.82, 2.24) is 0 Å². The number of phenolic OH excluding ortho intramolecular Hbond substituents is 6. The Balaban J connectivity index is 0.926. The Morgan fingerprint density at radius 2 is 0.931 bits per heavy atom. The van der Waals surface area contributed by atoms with Crippen molar-refractivity contribution in [2.75, 3.05) is 42.7 Å². The van der Waals surface area contributed by atoms with E-state index in [2.05, 4.69) is 0 Å². The minimum absolute atomic E-state index is 0.0291. The van der Waals surface area contributed by atoms with E-state index in [-0.39, 0.29) is 141 Å². The first kappa shape index (κ1) is 55.5. The molecule has 6 N–H and O–H groups in total. The van der Waals surface area contributed by atoms with E-state index >= 15 is 0 Å². The second-order valence-electron chi connectivity index (χ2n) is 19.5. The predicted octanol–water partition coefficient (Wildman–Crippen LogP) is 12.4. The molecule has 0 fully saturated rings. The molecule has 0 unspecified atom stereocenters. The molecule has 0 spiro atoms. The van der Waals surface area contributed by atoms with Crippen LogP contribution in [0.25, 0.3) is 100 Å². The monoisotopic (exact) mass is 1170 g/mol. The van der Waals surface area contributed by atoms with Crippen LogP contribution in [0.1, 0.15) is 15.9 Å². The number of carbonyl (C=O) groups is 1. The average Bonchev–Trinajstić information content (AvgIpc) is 3.27. The topological polar surface area (TPSA) is 307 Å². The van der Waals surface area contributed by atoms with Crippen molar-refractivity contribution < 1.29 is 86.3 Å². The van der Waals surface area contributed by atoms with Crippen LogP contribution >= 0.6 is 0 Å². The highest BCUT2D eigenvalue weighted by Crippen LogP contribution is 2.49. The Kier molecular flexibility index (Phi) is 13.8. The molecule has 4 heterocycles. The maximum absolute atomic E-state index is 14.9. The van der Waals surface area contributed by atoms with Crippen LogP contribution < -0.4 is 49.4 Å². The third-order valence-electron chi connectivity index (χ3n) is 14.6. The lowest BCUT2D eigenvalue weighted by atomic mass is 9.94. The van der Waals surface area contributed by atoms with E-state index in [0.717, 1.165) is 18.2 Å². The largest absolute Gasteiger partial charge is 0.508 e. The van der Waals surface area contributed by atoms with Crippen molar-refractivity contribution in [2.24, 2.45) is 0 Å². The fourth-order valence-electron chi connectivity index (χ4n) is 10.5. The number of ether oxygens (including phenoxy) is 7. The van der Waals surface area contributed by atoms with E-state index in [1.165, 1.54) is 115 Å². The molecule has 0 saturated carbocycles. The minimum atomic E-state index is -0.883. The van der Waals surface area contributed by atoms with Gasteiger partial charge in [-0.05, 0) is 91.0 Å². The van der Waals surface area contributed by atoms with Crippen LogP contribution in [0.5, 0.6) is 80.5 Å². The van der Waals surface area contributed by atoms with Crippen molar-refractivity contribution in [3.8, 4) is 137 Å². The average molecular weight is 1180 g/mol. The third-order valence-corrected chi connectivity index (χ3v) is 14.6. The van der Waals surface area contributed by atoms with Crippen LogP contribution in [-0.4, -0.2) is 79.1 Å². The van der Waals surface area contributed by atoms with E-state index in [9.17, 15) is 49.8 Å². The number of carbonyl (C=O) groups excluding carboxylic acids is 1. The van der Waals surface area contributed by atoms with Crippen LogP contribution in [0.15, 0.2) is 166 Å². The van der Waals surface area contributed by atoms with Gasteiger partial charge in [-0.2, -0.15) is 0 Å². The minimum Gasteiger partial charge on any atom is -0.508 e. The van der Waals surface area contributed by atoms with Gasteiger partial charge in [-0.3, -0.25) is 19.2 Å². The van der Waals surface area contributed by atoms with Crippen LogP contribution in [-0.2, 0) is 0 Å². The van der Waals surface area contributed by atoms with Gasteiger partial charge in [-0.1, -0.05) is 0 Å². The number of hydrogen-bond acceptors (Lipinski definition) is 21. The lowest BCUT2D eigenvalue weighted by molar-refractivity contribution is 0.103. The third kappa shape index (κ3) is 9.40. The summed E-state index contributed by atoms with van der Waals surface area (Å²) >= 11 is 0. The van der Waals surface area contributed by atoms with Gasteiger partial charge < -0.3 is 81.5 Å². The molecule has 4 aromatic heterocycles. The highest BCUT2D eigenvalue weighted by Gasteiger charge is 2.33. The van der Waals surface area contributed by atoms with Crippen LogP contribution in [0.4, 0.5) is 0 Å². The summed E-state index contributed by atoms with van der Waals surface area (Å²) in [6, 6.07) is 30.9. The number of hydrogen-bond donors (Lipinski definition) is 6. The van der Waals surface area contributed by atoms with Crippen LogP contribution in [0, 0.1) is 0 Å². The molecular weight excluding hydrogens is 1130 g/mol. The lowest BCUT2D eigenvalue weighted by Crippen LogP contribution is -2.11. The summed E-state index contributed by atoms with van der Waals surface area (Å²) in [5.74, 6) is -3.11. The molecule has 0 aliphatic rings. The zero-order valence-electron chi connectivity index (χ0n) is 46.5. The second kappa shape index (κ2) is 21.6. The van der Waals surface area contributed by atoms with Crippen molar-refractivity contribution in [2.45, 2.75) is 0 Å². The Hall–Kier alpha value is -12.0. The molecular formula is C66H46O21. The van der Waals surface area contributed by atoms with Gasteiger partial charge >= 0.3 is 0 Å². The molecule has 436 valence electrons. The molecule has 21 heteroatoms. The standard InChI is InChI=1S/C66H46O21/c1-77-35-13-7-30(8-14-35)65-59(62(75)57-48(81-5)23-34(68)24-50(57)86-65)58-49(82-6)28-52-55(61(58)74)40(71)26-43(85-52)31-11-17-38(69)45(19-31)83-36-15-9-29(10-16-36)64-53(60(73)54-39(70)21-33(67)22-47(54)80-4)37-25-51-56(63(76)66(37)87-64)41(72)27-44(84-51)32-12-18-42(78-2)46(20-32)79-3/h7-28,67-70,74,76H,1-6H3. The molecule has 8 aromatic carbocycles. The first-order valence-electron chi connectivity index (χ1n) is 26.1. The molecule has 0 amide bonds. The molecule has 0 bridgehead atoms. The fraction of sp³-hybridized carbons (Fsp3) is 0.0909. The smallest absolute Gasteiger partial charge is 0.205 e. The van der Waals surface area contributed by atoms with Crippen LogP contribution in [0.2, 0.25) is 0 Å². The summed E-state index contributed by atoms with van der Waals surface area (Å²) in [4.78, 5) is 57.8. The Morgan fingerprint density at radius 3 is 1.56 bits per heavy atom. The molecule has 0 aliphatic carbocycles. The van der Waals surface area contributed by atoms with E-state index in [1.807, 2.05) is 0 Å². The Labute approximate surface area is 489 Å². The van der Waals surface area contributed by atoms with Gasteiger partial charge in [0.05, 0.1) is 59.3 Å². The number of methoxy groups -OCH3 is 6. The van der Waals surface area contributed by atoms with Crippen molar-refractivity contribution in [3.63, 3.8) is 0 Å². The van der Waals surface area contributed by atoms with Crippen molar-refractivity contribution in [3.05, 3.63) is 175 Å². The molecule has 0 radical (unpaired) electrons. The summed E-state index contributed by atoms with van der Waals surface area (Å²) in [5.41, 5.74) is -2.55. The van der Waals surface area contributed by atoms with E-state index in [1.54, 1.807) is 42.5 Å². The number of fused-ring (bicyclic) bond motifs is 4. The number of benzene rings is 8. The van der Waals surface area contributed by atoms with Gasteiger partial charge in [0.2, 0.25) is 11.2 Å². The van der Waals surface area contributed by atoms with E-state index < -0.39 is 45.1 Å². The quantitative estimate of drug-likeness (QED) is 0.0520. The van der Waals surface area contributed by atoms with Gasteiger partial charge in [0.1, 0.15) is 113 Å². The second-order valence-corrected chi connectivity index (χ2v) is 19.5. The zero-order valence-corrected chi connectivity index (χ0v) is 46.5. The SMILES string of the molecule is COc1ccc(-c2oc3cc(O)cc(OC)c3c(=O)c2-c2c(OC)cc3oc(-c4ccc(O)c(Oc5ccc(-c6oc7c(O)c8c(=O)cc(-c9ccc(OC)c(OC)c9)oc8cc7c6C(=O)c6c(O)cc(O)cc6OC)cc5)c4)cc(=O)c3c2O)cc1. The van der Waals surface area contributed by atoms with Gasteiger partial charge in [-0.15, -0.1) is 0 Å². The zero-order chi connectivity index (χ0) is 61.3. The molecule has 0 atom stereocenters. The number of ketones is 1. The molecule has 21 nitrogen and oxygen atoms in total. The van der Waals surface area contributed by atoms with Crippen molar-refractivity contribution in [1.29, 1.82) is 0 Å². The number of furan rings is 1. The summed E-state index contributed by atoms with van der Waals surface area (Å²) < 4.78 is 64.1. The predicted molar refractivity (Wildman–Crippen MR) is 317 cm³/mol. The first-order valence-corrected chi connectivity index (χ1v) is 26.1. The molecule has 0 saturated heterocycles. The molecule has 12 rings (SSSR count). The number of phenols is 6. The maximum Gasteiger partial charge on any atom is 0.205 e. The lowest BCUT2D eigenvalue weighted by Gasteiger charge is -2.17. The van der Waals surface area contributed by atoms with Crippen LogP contribution in [0.3, 0.4) is 0 Å². The molecule has 12 aromatic rings. The number of aromatic hydroxyl groups is 6. The van der Waals surface area contributed by atoms with Gasteiger partial charge in [0.25, 0.3) is 0 Å². The summed E-state index contributed by atoms with van der Waals surface area (Å²) in [7, 11) is 8.22. The van der Waals surface area contributed by atoms with E-state index in [4.69, 9.17) is 50.8 Å². The Morgan fingerprint density at radius 1 is 0.391 bits per heavy atom. The van der Waals surface area contributed by atoms with Gasteiger partial charge in [0.15, 0.2) is 45.2 Å². The normalized spacial score (nSPS) is 11.3. The first-order chi connectivity index (χ1) is 41.9. The summed E-state index contributed by atoms with van der Waals surface area (Å²) in [6.45, 7) is 0. The fourth-order valence-corrected chi connectivity index (χ4v) is 10.5. The summed E-state index contributed by atoms with van der Waals surface area (Å²) in [6.07, 6.45) is 0.